The van der Waals surface area contributed by atoms with E-state index in [1.54, 1.807) is 24.3 Å². The first-order valence-corrected chi connectivity index (χ1v) is 7.19. The van der Waals surface area contributed by atoms with Gasteiger partial charge in [-0.3, -0.25) is 9.59 Å². The van der Waals surface area contributed by atoms with Crippen LogP contribution in [0.3, 0.4) is 0 Å². The number of para-hydroxylation sites is 2. The van der Waals surface area contributed by atoms with Gasteiger partial charge in [0.15, 0.2) is 5.78 Å². The maximum absolute atomic E-state index is 12.1. The molecule has 2 rings (SSSR count). The molecule has 0 unspecified atom stereocenters. The average Bonchev–Trinajstić information content (AvgIpc) is 2.47. The third-order valence-corrected chi connectivity index (χ3v) is 3.49. The number of amides is 1. The molecule has 0 aromatic heterocycles. The second kappa shape index (κ2) is 6.89. The van der Waals surface area contributed by atoms with E-state index in [0.29, 0.717) is 11.3 Å². The van der Waals surface area contributed by atoms with Gasteiger partial charge in [-0.25, -0.2) is 0 Å². The molecule has 0 aliphatic rings. The molecule has 2 aromatic carbocycles. The van der Waals surface area contributed by atoms with Crippen LogP contribution in [-0.2, 0) is 4.79 Å². The lowest BCUT2D eigenvalue weighted by Crippen LogP contribution is -2.23. The van der Waals surface area contributed by atoms with Gasteiger partial charge in [-0.1, -0.05) is 30.3 Å². The molecule has 0 fully saturated rings. The number of benzene rings is 2. The Morgan fingerprint density at radius 3 is 2.23 bits per heavy atom. The van der Waals surface area contributed by atoms with Crippen LogP contribution < -0.4 is 10.6 Å². The van der Waals surface area contributed by atoms with Gasteiger partial charge in [-0.15, -0.1) is 0 Å². The van der Waals surface area contributed by atoms with Gasteiger partial charge in [0.2, 0.25) is 5.91 Å². The van der Waals surface area contributed by atoms with E-state index in [1.807, 2.05) is 32.0 Å². The van der Waals surface area contributed by atoms with Gasteiger partial charge >= 0.3 is 0 Å². The van der Waals surface area contributed by atoms with Crippen molar-refractivity contribution in [1.82, 2.24) is 0 Å². The minimum Gasteiger partial charge on any atom is -0.376 e. The molecule has 22 heavy (non-hydrogen) atoms. The number of hydrogen-bond donors (Lipinski definition) is 2. The number of hydrogen-bond acceptors (Lipinski definition) is 3. The number of ketones is 1. The van der Waals surface area contributed by atoms with E-state index in [-0.39, 0.29) is 18.2 Å². The monoisotopic (exact) mass is 296 g/mol. The van der Waals surface area contributed by atoms with Crippen LogP contribution in [0.15, 0.2) is 42.5 Å². The Balaban J connectivity index is 2.04. The highest BCUT2D eigenvalue weighted by atomic mass is 16.2. The summed E-state index contributed by atoms with van der Waals surface area (Å²) >= 11 is 0. The summed E-state index contributed by atoms with van der Waals surface area (Å²) < 4.78 is 0. The fourth-order valence-electron chi connectivity index (χ4n) is 2.36. The first kappa shape index (κ1) is 15.8. The summed E-state index contributed by atoms with van der Waals surface area (Å²) in [6.45, 7) is 5.63. The molecular weight excluding hydrogens is 276 g/mol. The van der Waals surface area contributed by atoms with Crippen molar-refractivity contribution in [3.05, 3.63) is 59.2 Å². The summed E-state index contributed by atoms with van der Waals surface area (Å²) in [6.07, 6.45) is 0. The van der Waals surface area contributed by atoms with Crippen LogP contribution in [0.1, 0.15) is 28.4 Å². The highest BCUT2D eigenvalue weighted by Gasteiger charge is 2.10. The minimum absolute atomic E-state index is 0.0707. The molecule has 0 spiro atoms. The summed E-state index contributed by atoms with van der Waals surface area (Å²) in [5, 5.41) is 5.93. The van der Waals surface area contributed by atoms with Crippen molar-refractivity contribution in [2.24, 2.45) is 0 Å². The molecule has 114 valence electrons. The summed E-state index contributed by atoms with van der Waals surface area (Å²) in [5.74, 6) is -0.255. The van der Waals surface area contributed by atoms with Gasteiger partial charge in [0.1, 0.15) is 0 Å². The number of rotatable bonds is 5. The topological polar surface area (TPSA) is 58.2 Å². The standard InChI is InChI=1S/C18H20N2O2/c1-12-7-6-8-13(2)18(12)19-11-17(22)20-16-10-5-4-9-15(16)14(3)21/h4-10,19H,11H2,1-3H3,(H,20,22). The summed E-state index contributed by atoms with van der Waals surface area (Å²) in [6, 6.07) is 13.0. The molecule has 0 atom stereocenters. The first-order chi connectivity index (χ1) is 10.5. The second-order valence-electron chi connectivity index (χ2n) is 5.27. The Hall–Kier alpha value is -2.62. The Bertz CT molecular complexity index is 688. The molecule has 0 heterocycles. The highest BCUT2D eigenvalue weighted by molar-refractivity contribution is 6.04. The summed E-state index contributed by atoms with van der Waals surface area (Å²) in [4.78, 5) is 23.6. The van der Waals surface area contributed by atoms with Gasteiger partial charge in [0, 0.05) is 11.3 Å². The molecule has 0 saturated heterocycles. The zero-order valence-electron chi connectivity index (χ0n) is 13.1. The second-order valence-corrected chi connectivity index (χ2v) is 5.27. The van der Waals surface area contributed by atoms with Crippen LogP contribution in [0.2, 0.25) is 0 Å². The number of carbonyl (C=O) groups is 2. The van der Waals surface area contributed by atoms with Crippen LogP contribution in [0, 0.1) is 13.8 Å². The fourth-order valence-corrected chi connectivity index (χ4v) is 2.36. The van der Waals surface area contributed by atoms with E-state index >= 15 is 0 Å². The largest absolute Gasteiger partial charge is 0.376 e. The summed E-state index contributed by atoms with van der Waals surface area (Å²) in [7, 11) is 0. The molecule has 1 amide bonds. The molecule has 4 heteroatoms. The predicted octanol–water partition coefficient (Wildman–Crippen LogP) is 3.56. The van der Waals surface area contributed by atoms with Gasteiger partial charge < -0.3 is 10.6 Å². The van der Waals surface area contributed by atoms with Gasteiger partial charge in [-0.2, -0.15) is 0 Å². The molecule has 0 aliphatic carbocycles. The predicted molar refractivity (Wildman–Crippen MR) is 89.5 cm³/mol. The van der Waals surface area contributed by atoms with Gasteiger partial charge in [0.05, 0.1) is 12.2 Å². The van der Waals surface area contributed by atoms with Crippen LogP contribution in [0.4, 0.5) is 11.4 Å². The maximum Gasteiger partial charge on any atom is 0.243 e. The van der Waals surface area contributed by atoms with Crippen molar-refractivity contribution in [3.63, 3.8) is 0 Å². The lowest BCUT2D eigenvalue weighted by Gasteiger charge is -2.13. The van der Waals surface area contributed by atoms with E-state index in [9.17, 15) is 9.59 Å². The van der Waals surface area contributed by atoms with Crippen molar-refractivity contribution < 1.29 is 9.59 Å². The van der Waals surface area contributed by atoms with E-state index in [2.05, 4.69) is 10.6 Å². The molecule has 2 N–H and O–H groups in total. The van der Waals surface area contributed by atoms with E-state index < -0.39 is 0 Å². The number of Topliss-reactive ketones (excluding diaryl/α,β-unsaturated/α-hetero) is 1. The smallest absolute Gasteiger partial charge is 0.243 e. The Morgan fingerprint density at radius 1 is 0.955 bits per heavy atom. The number of carbonyl (C=O) groups excluding carboxylic acids is 2. The van der Waals surface area contributed by atoms with Crippen molar-refractivity contribution >= 4 is 23.1 Å². The van der Waals surface area contributed by atoms with E-state index in [1.165, 1.54) is 6.92 Å². The SMILES string of the molecule is CC(=O)c1ccccc1NC(=O)CNc1c(C)cccc1C. The van der Waals surface area contributed by atoms with Gasteiger partial charge in [-0.05, 0) is 44.0 Å². The van der Waals surface area contributed by atoms with Gasteiger partial charge in [0.25, 0.3) is 0 Å². The Morgan fingerprint density at radius 2 is 1.59 bits per heavy atom. The number of nitrogens with one attached hydrogen (secondary N) is 2. The molecule has 2 aromatic rings. The van der Waals surface area contributed by atoms with Crippen LogP contribution in [0.5, 0.6) is 0 Å². The average molecular weight is 296 g/mol. The third kappa shape index (κ3) is 3.73. The quantitative estimate of drug-likeness (QED) is 0.829. The van der Waals surface area contributed by atoms with Crippen molar-refractivity contribution in [2.45, 2.75) is 20.8 Å². The molecule has 0 aliphatic heterocycles. The summed E-state index contributed by atoms with van der Waals surface area (Å²) in [5.41, 5.74) is 4.22. The molecule has 0 bridgehead atoms. The van der Waals surface area contributed by atoms with Crippen molar-refractivity contribution in [3.8, 4) is 0 Å². The molecule has 0 saturated carbocycles. The van der Waals surface area contributed by atoms with E-state index in [0.717, 1.165) is 16.8 Å². The maximum atomic E-state index is 12.1. The number of anilines is 2. The van der Waals surface area contributed by atoms with E-state index in [4.69, 9.17) is 0 Å². The molecular formula is C18H20N2O2. The lowest BCUT2D eigenvalue weighted by atomic mass is 10.1. The van der Waals surface area contributed by atoms with Crippen LogP contribution in [-0.4, -0.2) is 18.2 Å². The lowest BCUT2D eigenvalue weighted by molar-refractivity contribution is -0.114. The molecule has 0 radical (unpaired) electrons. The van der Waals surface area contributed by atoms with Crippen molar-refractivity contribution in [2.75, 3.05) is 17.2 Å². The Labute approximate surface area is 130 Å². The zero-order valence-corrected chi connectivity index (χ0v) is 13.1. The molecule has 4 nitrogen and oxygen atoms in total. The Kier molecular flexibility index (Phi) is 4.94. The van der Waals surface area contributed by atoms with Crippen molar-refractivity contribution in [1.29, 1.82) is 0 Å². The zero-order chi connectivity index (χ0) is 16.1. The van der Waals surface area contributed by atoms with Crippen LogP contribution in [0.25, 0.3) is 0 Å². The fraction of sp³-hybridized carbons (Fsp3) is 0.222. The van der Waals surface area contributed by atoms with Crippen LogP contribution >= 0.6 is 0 Å². The third-order valence-electron chi connectivity index (χ3n) is 3.49. The normalized spacial score (nSPS) is 10.1. The minimum atomic E-state index is -0.184. The number of aryl methyl sites for hydroxylation is 2. The first-order valence-electron chi connectivity index (χ1n) is 7.19. The highest BCUT2D eigenvalue weighted by Crippen LogP contribution is 2.19.